The number of aliphatic hydroxyl groups excluding tert-OH is 1. The van der Waals surface area contributed by atoms with Gasteiger partial charge in [-0.15, -0.1) is 0 Å². The van der Waals surface area contributed by atoms with E-state index in [1.807, 2.05) is 0 Å². The van der Waals surface area contributed by atoms with E-state index in [1.165, 1.54) is 0 Å². The van der Waals surface area contributed by atoms with E-state index in [9.17, 15) is 4.79 Å². The molecule has 0 unspecified atom stereocenters. The number of ether oxygens (including phenoxy) is 1. The average molecular weight is 232 g/mol. The Morgan fingerprint density at radius 3 is 2.65 bits per heavy atom. The van der Waals surface area contributed by atoms with Crippen LogP contribution in [-0.2, 0) is 4.79 Å². The van der Waals surface area contributed by atoms with Crippen molar-refractivity contribution in [3.05, 3.63) is 35.9 Å². The third-order valence-corrected chi connectivity index (χ3v) is 2.01. The first kappa shape index (κ1) is 12.7. The maximum absolute atomic E-state index is 11.5. The second-order valence-corrected chi connectivity index (χ2v) is 3.09. The summed E-state index contributed by atoms with van der Waals surface area (Å²) in [6.45, 7) is -0.348. The number of nitriles is 1. The molecular weight excluding hydrogens is 220 g/mol. The zero-order chi connectivity index (χ0) is 12.7. The molecule has 2 N–H and O–H groups in total. The highest BCUT2D eigenvalue weighted by molar-refractivity contribution is 6.06. The van der Waals surface area contributed by atoms with Crippen molar-refractivity contribution in [2.24, 2.45) is 0 Å². The van der Waals surface area contributed by atoms with Gasteiger partial charge in [0.1, 0.15) is 17.4 Å². The van der Waals surface area contributed by atoms with Crippen molar-refractivity contribution in [1.82, 2.24) is 0 Å². The molecule has 0 aliphatic carbocycles. The molecule has 1 amide bonds. The molecule has 0 aliphatic heterocycles. The van der Waals surface area contributed by atoms with Crippen LogP contribution in [0.4, 0.5) is 5.69 Å². The number of nitrogens with one attached hydrogen (secondary N) is 1. The summed E-state index contributed by atoms with van der Waals surface area (Å²) in [6, 6.07) is 8.41. The average Bonchev–Trinajstić information content (AvgIpc) is 2.36. The van der Waals surface area contributed by atoms with Crippen molar-refractivity contribution >= 4 is 11.6 Å². The Hall–Kier alpha value is -2.32. The first-order valence-corrected chi connectivity index (χ1v) is 4.87. The molecule has 17 heavy (non-hydrogen) atoms. The summed E-state index contributed by atoms with van der Waals surface area (Å²) < 4.78 is 4.97. The van der Waals surface area contributed by atoms with Crippen LogP contribution in [0.25, 0.3) is 0 Å². The van der Waals surface area contributed by atoms with E-state index in [1.54, 1.807) is 37.4 Å². The second-order valence-electron chi connectivity index (χ2n) is 3.09. The maximum Gasteiger partial charge on any atom is 0.266 e. The molecule has 0 spiro atoms. The van der Waals surface area contributed by atoms with Crippen molar-refractivity contribution in [2.45, 2.75) is 0 Å². The van der Waals surface area contributed by atoms with E-state index in [4.69, 9.17) is 15.1 Å². The van der Waals surface area contributed by atoms with E-state index in [-0.39, 0.29) is 12.2 Å². The number of amides is 1. The first-order chi connectivity index (χ1) is 8.21. The molecule has 5 nitrogen and oxygen atoms in total. The molecule has 0 saturated heterocycles. The van der Waals surface area contributed by atoms with Crippen LogP contribution < -0.4 is 10.1 Å². The summed E-state index contributed by atoms with van der Waals surface area (Å²) in [5.74, 6) is 0.126. The van der Waals surface area contributed by atoms with Gasteiger partial charge in [-0.2, -0.15) is 5.26 Å². The Balaban J connectivity index is 2.74. The minimum Gasteiger partial charge on any atom is -0.497 e. The lowest BCUT2D eigenvalue weighted by molar-refractivity contribution is -0.112. The SMILES string of the molecule is COc1ccc(NC(=O)C(C#N)=CCO)cc1. The van der Waals surface area contributed by atoms with Crippen LogP contribution in [0.1, 0.15) is 0 Å². The number of carbonyl (C=O) groups excluding carboxylic acids is 1. The van der Waals surface area contributed by atoms with Crippen LogP contribution in [0, 0.1) is 11.3 Å². The van der Waals surface area contributed by atoms with Crippen molar-refractivity contribution in [2.75, 3.05) is 19.0 Å². The fraction of sp³-hybridized carbons (Fsp3) is 0.167. The predicted molar refractivity (Wildman–Crippen MR) is 62.4 cm³/mol. The Morgan fingerprint density at radius 2 is 2.18 bits per heavy atom. The molecule has 1 aromatic carbocycles. The number of carbonyl (C=O) groups is 1. The zero-order valence-corrected chi connectivity index (χ0v) is 9.30. The molecule has 0 aromatic heterocycles. The number of rotatable bonds is 4. The van der Waals surface area contributed by atoms with Crippen LogP contribution in [-0.4, -0.2) is 24.7 Å². The van der Waals surface area contributed by atoms with Gasteiger partial charge in [-0.3, -0.25) is 4.79 Å². The van der Waals surface area contributed by atoms with E-state index in [0.29, 0.717) is 11.4 Å². The standard InChI is InChI=1S/C12H12N2O3/c1-17-11-4-2-10(3-5-11)14-12(16)9(8-13)6-7-15/h2-6,15H,7H2,1H3,(H,14,16). The Kier molecular flexibility index (Phi) is 4.73. The Bertz CT molecular complexity index is 458. The zero-order valence-electron chi connectivity index (χ0n) is 9.30. The van der Waals surface area contributed by atoms with Crippen molar-refractivity contribution in [3.63, 3.8) is 0 Å². The molecule has 0 saturated carbocycles. The molecule has 1 aromatic rings. The number of nitrogens with zero attached hydrogens (tertiary/aromatic N) is 1. The van der Waals surface area contributed by atoms with E-state index in [0.717, 1.165) is 6.08 Å². The number of benzene rings is 1. The normalized spacial score (nSPS) is 10.5. The topological polar surface area (TPSA) is 82.3 Å². The molecule has 0 heterocycles. The van der Waals surface area contributed by atoms with Crippen LogP contribution in [0.15, 0.2) is 35.9 Å². The van der Waals surface area contributed by atoms with Gasteiger partial charge in [0.25, 0.3) is 5.91 Å². The Labute approximate surface area is 98.9 Å². The molecule has 0 radical (unpaired) electrons. The molecule has 0 atom stereocenters. The number of methoxy groups -OCH3 is 1. The summed E-state index contributed by atoms with van der Waals surface area (Å²) in [7, 11) is 1.55. The minimum absolute atomic E-state index is 0.122. The van der Waals surface area contributed by atoms with Gasteiger partial charge in [0.2, 0.25) is 0 Å². The van der Waals surface area contributed by atoms with E-state index in [2.05, 4.69) is 5.32 Å². The molecule has 0 fully saturated rings. The highest BCUT2D eigenvalue weighted by Gasteiger charge is 2.08. The van der Waals surface area contributed by atoms with Gasteiger partial charge in [0, 0.05) is 5.69 Å². The van der Waals surface area contributed by atoms with E-state index < -0.39 is 5.91 Å². The summed E-state index contributed by atoms with van der Waals surface area (Å²) in [5, 5.41) is 19.8. The van der Waals surface area contributed by atoms with Gasteiger partial charge in [-0.1, -0.05) is 0 Å². The van der Waals surface area contributed by atoms with Crippen LogP contribution in [0.5, 0.6) is 5.75 Å². The third kappa shape index (κ3) is 3.63. The monoisotopic (exact) mass is 232 g/mol. The van der Waals surface area contributed by atoms with Gasteiger partial charge in [0.15, 0.2) is 0 Å². The number of hydrogen-bond acceptors (Lipinski definition) is 4. The lowest BCUT2D eigenvalue weighted by atomic mass is 10.2. The molecule has 0 aliphatic rings. The molecule has 5 heteroatoms. The summed E-state index contributed by atoms with van der Waals surface area (Å²) in [6.07, 6.45) is 1.15. The third-order valence-electron chi connectivity index (χ3n) is 2.01. The van der Waals surface area contributed by atoms with Gasteiger partial charge in [-0.25, -0.2) is 0 Å². The molecule has 1 rings (SSSR count). The number of anilines is 1. The lowest BCUT2D eigenvalue weighted by Crippen LogP contribution is -2.13. The predicted octanol–water partition coefficient (Wildman–Crippen LogP) is 1.08. The van der Waals surface area contributed by atoms with Crippen molar-refractivity contribution in [1.29, 1.82) is 5.26 Å². The molecular formula is C12H12N2O3. The highest BCUT2D eigenvalue weighted by Crippen LogP contribution is 2.15. The van der Waals surface area contributed by atoms with Crippen molar-refractivity contribution in [3.8, 4) is 11.8 Å². The van der Waals surface area contributed by atoms with Gasteiger partial charge >= 0.3 is 0 Å². The van der Waals surface area contributed by atoms with E-state index >= 15 is 0 Å². The lowest BCUT2D eigenvalue weighted by Gasteiger charge is -2.05. The quantitative estimate of drug-likeness (QED) is 0.601. The van der Waals surface area contributed by atoms with Gasteiger partial charge in [-0.05, 0) is 30.3 Å². The highest BCUT2D eigenvalue weighted by atomic mass is 16.5. The summed E-state index contributed by atoms with van der Waals surface area (Å²) >= 11 is 0. The largest absolute Gasteiger partial charge is 0.497 e. The second kappa shape index (κ2) is 6.30. The minimum atomic E-state index is -0.549. The maximum atomic E-state index is 11.5. The summed E-state index contributed by atoms with van der Waals surface area (Å²) in [4.78, 5) is 11.5. The van der Waals surface area contributed by atoms with Gasteiger partial charge < -0.3 is 15.2 Å². The Morgan fingerprint density at radius 1 is 1.53 bits per heavy atom. The fourth-order valence-electron chi connectivity index (χ4n) is 1.15. The first-order valence-electron chi connectivity index (χ1n) is 4.87. The van der Waals surface area contributed by atoms with Crippen molar-refractivity contribution < 1.29 is 14.6 Å². The number of aliphatic hydroxyl groups is 1. The molecule has 0 bridgehead atoms. The fourth-order valence-corrected chi connectivity index (χ4v) is 1.15. The number of hydrogen-bond donors (Lipinski definition) is 2. The molecule has 88 valence electrons. The van der Waals surface area contributed by atoms with Crippen LogP contribution in [0.3, 0.4) is 0 Å². The smallest absolute Gasteiger partial charge is 0.266 e. The summed E-state index contributed by atoms with van der Waals surface area (Å²) in [5.41, 5.74) is 0.429. The van der Waals surface area contributed by atoms with Crippen LogP contribution >= 0.6 is 0 Å². The van der Waals surface area contributed by atoms with Gasteiger partial charge in [0.05, 0.1) is 13.7 Å². The van der Waals surface area contributed by atoms with Crippen LogP contribution in [0.2, 0.25) is 0 Å².